The summed E-state index contributed by atoms with van der Waals surface area (Å²) in [5, 5.41) is 13.3. The lowest BCUT2D eigenvalue weighted by molar-refractivity contribution is -0.384. The highest BCUT2D eigenvalue weighted by atomic mass is 16.6. The zero-order valence-corrected chi connectivity index (χ0v) is 9.96. The number of hydrogen-bond donors (Lipinski definition) is 1. The number of benzene rings is 1. The number of hydrogen-bond acceptors (Lipinski definition) is 4. The molecule has 0 bridgehead atoms. The molecule has 0 unspecified atom stereocenters. The zero-order chi connectivity index (χ0) is 13.0. The highest BCUT2D eigenvalue weighted by Crippen LogP contribution is 2.12. The molecule has 0 aromatic heterocycles. The van der Waals surface area contributed by atoms with E-state index in [4.69, 9.17) is 0 Å². The summed E-state index contributed by atoms with van der Waals surface area (Å²) >= 11 is 0. The summed E-state index contributed by atoms with van der Waals surface area (Å²) in [5.74, 6) is 0.0601. The monoisotopic (exact) mass is 249 g/mol. The minimum atomic E-state index is -0.404. The molecule has 0 radical (unpaired) electrons. The Hall–Kier alpha value is -1.95. The molecule has 0 atom stereocenters. The van der Waals surface area contributed by atoms with E-state index in [0.717, 1.165) is 25.1 Å². The Balaban J connectivity index is 1.86. The maximum Gasteiger partial charge on any atom is 0.269 e. The van der Waals surface area contributed by atoms with E-state index in [-0.39, 0.29) is 11.6 Å². The smallest absolute Gasteiger partial charge is 0.269 e. The number of rotatable bonds is 4. The standard InChI is InChI=1S/C12H15N3O3/c16-12-9-14(8-6-13-12)7-5-10-1-3-11(4-2-10)15(17)18/h1-4H,5-9H2,(H,13,16). The molecule has 18 heavy (non-hydrogen) atoms. The van der Waals surface area contributed by atoms with Crippen molar-refractivity contribution in [2.45, 2.75) is 6.42 Å². The summed E-state index contributed by atoms with van der Waals surface area (Å²) in [6.07, 6.45) is 0.797. The Morgan fingerprint density at radius 2 is 2.06 bits per heavy atom. The number of carbonyl (C=O) groups excluding carboxylic acids is 1. The average Bonchev–Trinajstić information content (AvgIpc) is 2.37. The topological polar surface area (TPSA) is 75.5 Å². The minimum Gasteiger partial charge on any atom is -0.354 e. The molecule has 1 aromatic carbocycles. The molecule has 1 aromatic rings. The summed E-state index contributed by atoms with van der Waals surface area (Å²) in [5.41, 5.74) is 1.16. The van der Waals surface area contributed by atoms with Crippen LogP contribution in [0.1, 0.15) is 5.56 Å². The van der Waals surface area contributed by atoms with E-state index < -0.39 is 4.92 Å². The fourth-order valence-corrected chi connectivity index (χ4v) is 1.95. The molecular formula is C12H15N3O3. The van der Waals surface area contributed by atoms with Gasteiger partial charge in [0, 0.05) is 31.8 Å². The van der Waals surface area contributed by atoms with E-state index in [9.17, 15) is 14.9 Å². The van der Waals surface area contributed by atoms with Gasteiger partial charge >= 0.3 is 0 Å². The van der Waals surface area contributed by atoms with Crippen LogP contribution in [0.2, 0.25) is 0 Å². The number of amides is 1. The fourth-order valence-electron chi connectivity index (χ4n) is 1.95. The molecule has 0 saturated carbocycles. The maximum absolute atomic E-state index is 11.2. The number of carbonyl (C=O) groups is 1. The number of nitro benzene ring substituents is 1. The Bertz CT molecular complexity index is 444. The molecule has 2 rings (SSSR count). The van der Waals surface area contributed by atoms with Gasteiger partial charge in [-0.3, -0.25) is 19.8 Å². The van der Waals surface area contributed by atoms with Gasteiger partial charge in [0.05, 0.1) is 11.5 Å². The Morgan fingerprint density at radius 1 is 1.33 bits per heavy atom. The molecule has 1 fully saturated rings. The van der Waals surface area contributed by atoms with E-state index in [0.29, 0.717) is 13.1 Å². The van der Waals surface area contributed by atoms with Crippen LogP contribution in [0.25, 0.3) is 0 Å². The summed E-state index contributed by atoms with van der Waals surface area (Å²) in [4.78, 5) is 23.4. The molecular weight excluding hydrogens is 234 g/mol. The van der Waals surface area contributed by atoms with Gasteiger partial charge in [-0.15, -0.1) is 0 Å². The van der Waals surface area contributed by atoms with Crippen molar-refractivity contribution in [2.24, 2.45) is 0 Å². The van der Waals surface area contributed by atoms with Gasteiger partial charge < -0.3 is 5.32 Å². The van der Waals surface area contributed by atoms with Crippen molar-refractivity contribution >= 4 is 11.6 Å². The zero-order valence-electron chi connectivity index (χ0n) is 9.96. The second kappa shape index (κ2) is 5.59. The lowest BCUT2D eigenvalue weighted by Gasteiger charge is -2.26. The van der Waals surface area contributed by atoms with Crippen molar-refractivity contribution in [2.75, 3.05) is 26.2 Å². The quantitative estimate of drug-likeness (QED) is 0.625. The van der Waals surface area contributed by atoms with Gasteiger partial charge in [-0.25, -0.2) is 0 Å². The fraction of sp³-hybridized carbons (Fsp3) is 0.417. The van der Waals surface area contributed by atoms with E-state index in [2.05, 4.69) is 10.2 Å². The molecule has 1 saturated heterocycles. The van der Waals surface area contributed by atoms with Crippen LogP contribution in [0, 0.1) is 10.1 Å². The number of non-ortho nitro benzene ring substituents is 1. The van der Waals surface area contributed by atoms with Crippen LogP contribution in [0.5, 0.6) is 0 Å². The van der Waals surface area contributed by atoms with Crippen molar-refractivity contribution in [1.82, 2.24) is 10.2 Å². The minimum absolute atomic E-state index is 0.0601. The first-order chi connectivity index (χ1) is 8.65. The molecule has 1 aliphatic rings. The third-order valence-corrected chi connectivity index (χ3v) is 2.98. The maximum atomic E-state index is 11.2. The Morgan fingerprint density at radius 3 is 2.67 bits per heavy atom. The number of nitro groups is 1. The number of nitrogens with one attached hydrogen (secondary N) is 1. The second-order valence-corrected chi connectivity index (χ2v) is 4.30. The molecule has 1 aliphatic heterocycles. The van der Waals surface area contributed by atoms with Crippen LogP contribution in [-0.4, -0.2) is 41.9 Å². The van der Waals surface area contributed by atoms with E-state index in [1.807, 2.05) is 0 Å². The molecule has 0 aliphatic carbocycles. The molecule has 1 amide bonds. The van der Waals surface area contributed by atoms with Crippen molar-refractivity contribution in [3.63, 3.8) is 0 Å². The third kappa shape index (κ3) is 3.27. The van der Waals surface area contributed by atoms with E-state index in [1.54, 1.807) is 12.1 Å². The molecule has 96 valence electrons. The SMILES string of the molecule is O=C1CN(CCc2ccc([N+](=O)[O-])cc2)CCN1. The number of piperazine rings is 1. The lowest BCUT2D eigenvalue weighted by atomic mass is 10.1. The lowest BCUT2D eigenvalue weighted by Crippen LogP contribution is -2.48. The van der Waals surface area contributed by atoms with Crippen molar-refractivity contribution in [1.29, 1.82) is 0 Å². The van der Waals surface area contributed by atoms with Crippen molar-refractivity contribution in [3.05, 3.63) is 39.9 Å². The average molecular weight is 249 g/mol. The Kier molecular flexibility index (Phi) is 3.88. The normalized spacial score (nSPS) is 16.3. The van der Waals surface area contributed by atoms with Crippen LogP contribution in [0.3, 0.4) is 0 Å². The predicted octanol–water partition coefficient (Wildman–Crippen LogP) is 0.569. The van der Waals surface area contributed by atoms with Crippen molar-refractivity contribution in [3.8, 4) is 0 Å². The molecule has 0 spiro atoms. The Labute approximate surface area is 105 Å². The van der Waals surface area contributed by atoms with Crippen LogP contribution in [0.15, 0.2) is 24.3 Å². The van der Waals surface area contributed by atoms with Crippen LogP contribution in [-0.2, 0) is 11.2 Å². The van der Waals surface area contributed by atoms with Gasteiger partial charge in [-0.1, -0.05) is 12.1 Å². The highest BCUT2D eigenvalue weighted by Gasteiger charge is 2.15. The van der Waals surface area contributed by atoms with Crippen molar-refractivity contribution < 1.29 is 9.72 Å². The van der Waals surface area contributed by atoms with Gasteiger partial charge in [0.2, 0.25) is 5.91 Å². The van der Waals surface area contributed by atoms with Gasteiger partial charge in [0.15, 0.2) is 0 Å². The highest BCUT2D eigenvalue weighted by molar-refractivity contribution is 5.78. The first-order valence-corrected chi connectivity index (χ1v) is 5.87. The van der Waals surface area contributed by atoms with Gasteiger partial charge in [-0.2, -0.15) is 0 Å². The predicted molar refractivity (Wildman–Crippen MR) is 66.3 cm³/mol. The third-order valence-electron chi connectivity index (χ3n) is 2.98. The second-order valence-electron chi connectivity index (χ2n) is 4.30. The summed E-state index contributed by atoms with van der Waals surface area (Å²) in [6, 6.07) is 6.56. The van der Waals surface area contributed by atoms with Crippen LogP contribution in [0.4, 0.5) is 5.69 Å². The molecule has 1 heterocycles. The summed E-state index contributed by atoms with van der Waals surface area (Å²) in [7, 11) is 0. The van der Waals surface area contributed by atoms with Gasteiger partial charge in [-0.05, 0) is 12.0 Å². The first kappa shape index (κ1) is 12.5. The van der Waals surface area contributed by atoms with E-state index in [1.165, 1.54) is 12.1 Å². The van der Waals surface area contributed by atoms with Gasteiger partial charge in [0.1, 0.15) is 0 Å². The summed E-state index contributed by atoms with van der Waals surface area (Å²) < 4.78 is 0. The van der Waals surface area contributed by atoms with Crippen LogP contribution < -0.4 is 5.32 Å². The van der Waals surface area contributed by atoms with E-state index >= 15 is 0 Å². The molecule has 6 heteroatoms. The molecule has 6 nitrogen and oxygen atoms in total. The van der Waals surface area contributed by atoms with Gasteiger partial charge in [0.25, 0.3) is 5.69 Å². The molecule has 1 N–H and O–H groups in total. The number of nitrogens with zero attached hydrogens (tertiary/aromatic N) is 2. The largest absolute Gasteiger partial charge is 0.354 e. The summed E-state index contributed by atoms with van der Waals surface area (Å²) in [6.45, 7) is 2.79. The first-order valence-electron chi connectivity index (χ1n) is 5.87. The van der Waals surface area contributed by atoms with Crippen LogP contribution >= 0.6 is 0 Å².